The van der Waals surface area contributed by atoms with Crippen LogP contribution in [-0.2, 0) is 19.1 Å². The van der Waals surface area contributed by atoms with E-state index in [2.05, 4.69) is 14.7 Å². The van der Waals surface area contributed by atoms with Gasteiger partial charge in [-0.2, -0.15) is 9.98 Å². The fourth-order valence-corrected chi connectivity index (χ4v) is 0.340. The van der Waals surface area contributed by atoms with E-state index in [4.69, 9.17) is 0 Å². The molecule has 0 aliphatic carbocycles. The number of esters is 1. The number of carbonyl (C=O) groups excluding carboxylic acids is 3. The quantitative estimate of drug-likeness (QED) is 0.303. The lowest BCUT2D eigenvalue weighted by atomic mass is 10.5. The molecule has 0 saturated heterocycles. The largest absolute Gasteiger partial charge is 0.466 e. The number of hydrogen-bond donors (Lipinski definition) is 0. The van der Waals surface area contributed by atoms with Crippen molar-refractivity contribution in [1.82, 2.24) is 0 Å². The lowest BCUT2D eigenvalue weighted by Gasteiger charge is -1.97. The molecule has 0 aliphatic heterocycles. The van der Waals surface area contributed by atoms with Crippen LogP contribution in [0.3, 0.4) is 0 Å². The van der Waals surface area contributed by atoms with E-state index in [0.717, 1.165) is 19.3 Å². The Hall–Kier alpha value is -1.77. The summed E-state index contributed by atoms with van der Waals surface area (Å²) in [6.45, 7) is 0. The van der Waals surface area contributed by atoms with E-state index in [9.17, 15) is 14.4 Å². The van der Waals surface area contributed by atoms with Crippen molar-refractivity contribution in [1.29, 1.82) is 0 Å². The van der Waals surface area contributed by atoms with Crippen molar-refractivity contribution >= 4 is 18.1 Å². The van der Waals surface area contributed by atoms with E-state index < -0.39 is 12.1 Å². The molecule has 6 nitrogen and oxygen atoms in total. The molecule has 0 atom stereocenters. The maximum Gasteiger partial charge on any atom is 0.355 e. The van der Waals surface area contributed by atoms with Gasteiger partial charge in [-0.25, -0.2) is 14.4 Å². The highest BCUT2D eigenvalue weighted by molar-refractivity contribution is 5.77. The summed E-state index contributed by atoms with van der Waals surface area (Å²) in [5.74, 6) is -0.906. The van der Waals surface area contributed by atoms with Gasteiger partial charge in [-0.3, -0.25) is 0 Å². The van der Waals surface area contributed by atoms with Crippen molar-refractivity contribution in [3.05, 3.63) is 0 Å². The Morgan fingerprint density at radius 2 is 1.82 bits per heavy atom. The Morgan fingerprint density at radius 3 is 2.09 bits per heavy atom. The summed E-state index contributed by atoms with van der Waals surface area (Å²) in [5, 5.41) is 0. The number of methoxy groups -OCH3 is 1. The Bertz CT molecular complexity index is 219. The first-order valence-corrected chi connectivity index (χ1v) is 2.48. The van der Waals surface area contributed by atoms with E-state index in [1.54, 1.807) is 0 Å². The van der Waals surface area contributed by atoms with E-state index >= 15 is 0 Å². The van der Waals surface area contributed by atoms with Crippen molar-refractivity contribution in [2.75, 3.05) is 7.11 Å². The molecule has 0 amide bonds. The highest BCUT2D eigenvalue weighted by Gasteiger charge is 2.15. The number of hydrogen-bond acceptors (Lipinski definition) is 6. The summed E-state index contributed by atoms with van der Waals surface area (Å²) in [6.07, 6.45) is 0.676. The van der Waals surface area contributed by atoms with Gasteiger partial charge in [0.2, 0.25) is 12.2 Å². The Morgan fingerprint density at radius 1 is 1.36 bits per heavy atom. The fraction of sp³-hybridized carbons (Fsp3) is 0.400. The first-order chi connectivity index (χ1) is 5.26. The molecule has 0 bridgehead atoms. The molecule has 0 N–H and O–H groups in total. The van der Waals surface area contributed by atoms with Crippen molar-refractivity contribution in [2.24, 2.45) is 9.98 Å². The molecule has 6 heteroatoms. The number of aliphatic imine (C=N–C) groups is 2. The molecule has 0 heterocycles. The second-order valence-corrected chi connectivity index (χ2v) is 1.34. The van der Waals surface area contributed by atoms with Crippen LogP contribution in [0.2, 0.25) is 0 Å². The number of nitrogens with zero attached hydrogens (tertiary/aromatic N) is 2. The van der Waals surface area contributed by atoms with Gasteiger partial charge in [0.15, 0.2) is 0 Å². The molecule has 0 aromatic heterocycles. The van der Waals surface area contributed by atoms with Crippen LogP contribution in [0.5, 0.6) is 0 Å². The second kappa shape index (κ2) is 5.05. The van der Waals surface area contributed by atoms with Crippen LogP contribution in [0.15, 0.2) is 9.98 Å². The molecule has 58 valence electrons. The van der Waals surface area contributed by atoms with Gasteiger partial charge in [0.1, 0.15) is 0 Å². The van der Waals surface area contributed by atoms with Crippen LogP contribution in [0.4, 0.5) is 0 Å². The number of ether oxygens (including phenoxy) is 1. The van der Waals surface area contributed by atoms with Crippen LogP contribution < -0.4 is 0 Å². The zero-order valence-corrected chi connectivity index (χ0v) is 5.60. The van der Waals surface area contributed by atoms with Gasteiger partial charge in [-0.15, -0.1) is 0 Å². The van der Waals surface area contributed by atoms with Crippen molar-refractivity contribution < 1.29 is 19.1 Å². The minimum atomic E-state index is -1.46. The maximum atomic E-state index is 10.5. The van der Waals surface area contributed by atoms with Gasteiger partial charge >= 0.3 is 5.97 Å². The summed E-state index contributed by atoms with van der Waals surface area (Å²) in [5.41, 5.74) is 0. The van der Waals surface area contributed by atoms with Crippen LogP contribution in [0.25, 0.3) is 0 Å². The van der Waals surface area contributed by atoms with Crippen molar-refractivity contribution in [3.63, 3.8) is 0 Å². The monoisotopic (exact) mass is 156 g/mol. The summed E-state index contributed by atoms with van der Waals surface area (Å²) in [4.78, 5) is 35.5. The highest BCUT2D eigenvalue weighted by atomic mass is 16.5. The van der Waals surface area contributed by atoms with Gasteiger partial charge in [0.25, 0.3) is 6.17 Å². The van der Waals surface area contributed by atoms with Crippen molar-refractivity contribution in [3.8, 4) is 0 Å². The molecule has 0 rings (SSSR count). The minimum absolute atomic E-state index is 0.906. The molecule has 0 unspecified atom stereocenters. The van der Waals surface area contributed by atoms with Gasteiger partial charge in [-0.1, -0.05) is 0 Å². The molecule has 0 saturated carbocycles. The second-order valence-electron chi connectivity index (χ2n) is 1.34. The zero-order valence-electron chi connectivity index (χ0n) is 5.60. The third-order valence-corrected chi connectivity index (χ3v) is 0.762. The van der Waals surface area contributed by atoms with Crippen LogP contribution in [0, 0.1) is 0 Å². The summed E-state index contributed by atoms with van der Waals surface area (Å²) in [7, 11) is 1.08. The molecule has 11 heavy (non-hydrogen) atoms. The van der Waals surface area contributed by atoms with E-state index in [0.29, 0.717) is 0 Å². The number of isocyanates is 2. The third kappa shape index (κ3) is 3.05. The van der Waals surface area contributed by atoms with Gasteiger partial charge in [0, 0.05) is 0 Å². The molecule has 0 radical (unpaired) electrons. The average Bonchev–Trinajstić information content (AvgIpc) is 2.03. The van der Waals surface area contributed by atoms with E-state index in [1.807, 2.05) is 0 Å². The van der Waals surface area contributed by atoms with Gasteiger partial charge in [0.05, 0.1) is 7.11 Å². The third-order valence-electron chi connectivity index (χ3n) is 0.762. The number of rotatable bonds is 3. The molecular weight excluding hydrogens is 152 g/mol. The highest BCUT2D eigenvalue weighted by Crippen LogP contribution is 1.92. The lowest BCUT2D eigenvalue weighted by molar-refractivity contribution is -0.141. The fourth-order valence-electron chi connectivity index (χ4n) is 0.340. The summed E-state index contributed by atoms with van der Waals surface area (Å²) in [6, 6.07) is 0. The SMILES string of the molecule is COC(=O)C(N=C=O)N=C=O. The molecule has 0 aromatic rings. The van der Waals surface area contributed by atoms with Gasteiger partial charge < -0.3 is 4.74 Å². The van der Waals surface area contributed by atoms with Crippen LogP contribution in [0.1, 0.15) is 0 Å². The number of carbonyl (C=O) groups is 1. The van der Waals surface area contributed by atoms with Crippen LogP contribution in [-0.4, -0.2) is 31.4 Å². The van der Waals surface area contributed by atoms with Crippen molar-refractivity contribution in [2.45, 2.75) is 6.17 Å². The summed E-state index contributed by atoms with van der Waals surface area (Å²) >= 11 is 0. The van der Waals surface area contributed by atoms with E-state index in [-0.39, 0.29) is 0 Å². The summed E-state index contributed by atoms with van der Waals surface area (Å²) < 4.78 is 4.13. The normalized spacial score (nSPS) is 10.3. The lowest BCUT2D eigenvalue weighted by Crippen LogP contribution is -2.17. The Kier molecular flexibility index (Phi) is 4.24. The molecule has 0 aromatic carbocycles. The van der Waals surface area contributed by atoms with Crippen LogP contribution >= 0.6 is 0 Å². The topological polar surface area (TPSA) is 85.2 Å². The Labute approximate surface area is 61.6 Å². The predicted octanol–water partition coefficient (Wildman–Crippen LogP) is -0.843. The predicted molar refractivity (Wildman–Crippen MR) is 32.0 cm³/mol. The molecule has 0 spiro atoms. The smallest absolute Gasteiger partial charge is 0.355 e. The van der Waals surface area contributed by atoms with Gasteiger partial charge in [-0.05, 0) is 0 Å². The zero-order chi connectivity index (χ0) is 8.69. The first kappa shape index (κ1) is 9.23. The average molecular weight is 156 g/mol. The standard InChI is InChI=1S/C5H4N2O4/c1-11-5(10)4(6-2-8)7-3-9/h4H,1H3. The minimum Gasteiger partial charge on any atom is -0.466 e. The molecular formula is C5H4N2O4. The van der Waals surface area contributed by atoms with E-state index in [1.165, 1.54) is 0 Å². The molecule has 0 fully saturated rings. The Balaban J connectivity index is 4.45. The first-order valence-electron chi connectivity index (χ1n) is 2.48. The molecule has 0 aliphatic rings. The maximum absolute atomic E-state index is 10.5.